The number of hydrogen-bond donors (Lipinski definition) is 2. The second-order valence-corrected chi connectivity index (χ2v) is 3.83. The second kappa shape index (κ2) is 5.45. The number of carboxylic acid groups (broad SMARTS) is 1. The molecule has 0 fully saturated rings. The van der Waals surface area contributed by atoms with Crippen LogP contribution in [0.3, 0.4) is 0 Å². The van der Waals surface area contributed by atoms with Gasteiger partial charge in [0.25, 0.3) is 0 Å². The molecule has 1 rings (SSSR count). The lowest BCUT2D eigenvalue weighted by Gasteiger charge is -2.07. The number of benzene rings is 1. The van der Waals surface area contributed by atoms with Gasteiger partial charge in [-0.3, -0.25) is 9.59 Å². The minimum absolute atomic E-state index is 0.00697. The summed E-state index contributed by atoms with van der Waals surface area (Å²) in [5, 5.41) is 11.4. The number of ketones is 1. The van der Waals surface area contributed by atoms with Gasteiger partial charge >= 0.3 is 5.97 Å². The first-order chi connectivity index (χ1) is 7.90. The van der Waals surface area contributed by atoms with Crippen molar-refractivity contribution in [2.45, 2.75) is 13.3 Å². The Kier molecular flexibility index (Phi) is 4.23. The summed E-state index contributed by atoms with van der Waals surface area (Å²) in [5.41, 5.74) is 0.186. The van der Waals surface area contributed by atoms with Crippen molar-refractivity contribution in [2.24, 2.45) is 0 Å². The molecule has 2 N–H and O–H groups in total. The Morgan fingerprint density at radius 1 is 1.35 bits per heavy atom. The summed E-state index contributed by atoms with van der Waals surface area (Å²) < 4.78 is 0. The number of carbonyl (C=O) groups excluding carboxylic acids is 2. The molecule has 0 aliphatic carbocycles. The van der Waals surface area contributed by atoms with E-state index in [0.29, 0.717) is 0 Å². The maximum atomic E-state index is 11.3. The molecule has 6 heteroatoms. The van der Waals surface area contributed by atoms with E-state index in [-0.39, 0.29) is 28.5 Å². The van der Waals surface area contributed by atoms with E-state index in [1.807, 2.05) is 0 Å². The first kappa shape index (κ1) is 13.2. The van der Waals surface area contributed by atoms with Crippen LogP contribution < -0.4 is 5.32 Å². The van der Waals surface area contributed by atoms with Crippen LogP contribution in [0.1, 0.15) is 23.7 Å². The quantitative estimate of drug-likeness (QED) is 0.806. The van der Waals surface area contributed by atoms with E-state index in [1.54, 1.807) is 0 Å². The molecule has 1 aromatic rings. The Hall–Kier alpha value is -1.88. The summed E-state index contributed by atoms with van der Waals surface area (Å²) in [6.45, 7) is 1.29. The Bertz CT molecular complexity index is 484. The van der Waals surface area contributed by atoms with Crippen LogP contribution in [-0.4, -0.2) is 22.8 Å². The molecule has 1 aromatic carbocycles. The van der Waals surface area contributed by atoms with Gasteiger partial charge in [-0.15, -0.1) is 0 Å². The van der Waals surface area contributed by atoms with Crippen molar-refractivity contribution < 1.29 is 19.5 Å². The number of amides is 1. The number of rotatable bonds is 4. The summed E-state index contributed by atoms with van der Waals surface area (Å²) in [5.74, 6) is -1.93. The monoisotopic (exact) mass is 255 g/mol. The zero-order chi connectivity index (χ0) is 13.0. The number of carboxylic acids is 1. The van der Waals surface area contributed by atoms with Gasteiger partial charge in [0.05, 0.1) is 22.7 Å². The maximum absolute atomic E-state index is 11.3. The SMILES string of the molecule is CC(=O)CC(=O)Nc1cc(C(=O)O)ccc1Cl. The molecule has 0 spiro atoms. The van der Waals surface area contributed by atoms with E-state index >= 15 is 0 Å². The molecule has 0 aromatic heterocycles. The molecule has 0 heterocycles. The first-order valence-corrected chi connectivity index (χ1v) is 5.10. The molecule has 0 aliphatic heterocycles. The average Bonchev–Trinajstić information content (AvgIpc) is 2.19. The highest BCUT2D eigenvalue weighted by molar-refractivity contribution is 6.34. The van der Waals surface area contributed by atoms with Gasteiger partial charge < -0.3 is 10.4 Å². The van der Waals surface area contributed by atoms with E-state index < -0.39 is 11.9 Å². The predicted molar refractivity (Wildman–Crippen MR) is 62.3 cm³/mol. The highest BCUT2D eigenvalue weighted by atomic mass is 35.5. The van der Waals surface area contributed by atoms with Crippen LogP contribution in [-0.2, 0) is 9.59 Å². The lowest BCUT2D eigenvalue weighted by molar-refractivity contribution is -0.124. The largest absolute Gasteiger partial charge is 0.478 e. The van der Waals surface area contributed by atoms with Crippen LogP contribution >= 0.6 is 11.6 Å². The molecule has 1 amide bonds. The van der Waals surface area contributed by atoms with E-state index in [4.69, 9.17) is 16.7 Å². The smallest absolute Gasteiger partial charge is 0.335 e. The zero-order valence-electron chi connectivity index (χ0n) is 8.99. The standard InChI is InChI=1S/C11H10ClNO4/c1-6(14)4-10(15)13-9-5-7(11(16)17)2-3-8(9)12/h2-3,5H,4H2,1H3,(H,13,15)(H,16,17). The van der Waals surface area contributed by atoms with Crippen molar-refractivity contribution in [3.8, 4) is 0 Å². The van der Waals surface area contributed by atoms with Crippen molar-refractivity contribution in [1.82, 2.24) is 0 Å². The minimum Gasteiger partial charge on any atom is -0.478 e. The maximum Gasteiger partial charge on any atom is 0.335 e. The molecular weight excluding hydrogens is 246 g/mol. The molecule has 0 bridgehead atoms. The predicted octanol–water partition coefficient (Wildman–Crippen LogP) is 1.96. The number of nitrogens with one attached hydrogen (secondary N) is 1. The number of anilines is 1. The molecule has 0 unspecified atom stereocenters. The van der Waals surface area contributed by atoms with Crippen LogP contribution in [0.15, 0.2) is 18.2 Å². The summed E-state index contributed by atoms with van der Waals surface area (Å²) in [6.07, 6.45) is -0.270. The van der Waals surface area contributed by atoms with Crippen LogP contribution in [0.2, 0.25) is 5.02 Å². The van der Waals surface area contributed by atoms with Crippen molar-refractivity contribution in [3.63, 3.8) is 0 Å². The van der Waals surface area contributed by atoms with Crippen LogP contribution in [0, 0.1) is 0 Å². The summed E-state index contributed by atoms with van der Waals surface area (Å²) >= 11 is 5.79. The number of Topliss-reactive ketones (excluding diaryl/α,β-unsaturated/α-hetero) is 1. The Morgan fingerprint density at radius 3 is 2.53 bits per heavy atom. The van der Waals surface area contributed by atoms with Gasteiger partial charge in [0.15, 0.2) is 0 Å². The molecule has 0 saturated heterocycles. The molecular formula is C11H10ClNO4. The van der Waals surface area contributed by atoms with Gasteiger partial charge in [0.2, 0.25) is 5.91 Å². The first-order valence-electron chi connectivity index (χ1n) is 4.72. The molecule has 17 heavy (non-hydrogen) atoms. The molecule has 90 valence electrons. The Morgan fingerprint density at radius 2 is 2.00 bits per heavy atom. The fourth-order valence-electron chi connectivity index (χ4n) is 1.17. The number of aromatic carboxylic acids is 1. The average molecular weight is 256 g/mol. The molecule has 0 radical (unpaired) electrons. The number of hydrogen-bond acceptors (Lipinski definition) is 3. The van der Waals surface area contributed by atoms with Gasteiger partial charge in [-0.1, -0.05) is 11.6 Å². The molecule has 0 atom stereocenters. The highest BCUT2D eigenvalue weighted by Crippen LogP contribution is 2.23. The lowest BCUT2D eigenvalue weighted by Crippen LogP contribution is -2.15. The Labute approximate surface area is 102 Å². The summed E-state index contributed by atoms with van der Waals surface area (Å²) in [7, 11) is 0. The molecule has 0 aliphatic rings. The third kappa shape index (κ3) is 3.88. The van der Waals surface area contributed by atoms with E-state index in [1.165, 1.54) is 25.1 Å². The normalized spacial score (nSPS) is 9.76. The number of carbonyl (C=O) groups is 3. The third-order valence-corrected chi connectivity index (χ3v) is 2.23. The summed E-state index contributed by atoms with van der Waals surface area (Å²) in [6, 6.07) is 3.93. The molecule has 0 saturated carbocycles. The van der Waals surface area contributed by atoms with Crippen molar-refractivity contribution in [3.05, 3.63) is 28.8 Å². The fourth-order valence-corrected chi connectivity index (χ4v) is 1.34. The van der Waals surface area contributed by atoms with Gasteiger partial charge in [-0.2, -0.15) is 0 Å². The van der Waals surface area contributed by atoms with Crippen molar-refractivity contribution in [1.29, 1.82) is 0 Å². The van der Waals surface area contributed by atoms with E-state index in [2.05, 4.69) is 5.32 Å². The van der Waals surface area contributed by atoms with Gasteiger partial charge in [0.1, 0.15) is 5.78 Å². The van der Waals surface area contributed by atoms with Crippen LogP contribution in [0.5, 0.6) is 0 Å². The van der Waals surface area contributed by atoms with Gasteiger partial charge in [0, 0.05) is 0 Å². The lowest BCUT2D eigenvalue weighted by atomic mass is 10.2. The van der Waals surface area contributed by atoms with Gasteiger partial charge in [-0.05, 0) is 25.1 Å². The minimum atomic E-state index is -1.12. The zero-order valence-corrected chi connectivity index (χ0v) is 9.75. The van der Waals surface area contributed by atoms with Crippen molar-refractivity contribution >= 4 is 34.9 Å². The summed E-state index contributed by atoms with van der Waals surface area (Å²) in [4.78, 5) is 32.8. The second-order valence-electron chi connectivity index (χ2n) is 3.43. The van der Waals surface area contributed by atoms with E-state index in [9.17, 15) is 14.4 Å². The van der Waals surface area contributed by atoms with Crippen LogP contribution in [0.4, 0.5) is 5.69 Å². The van der Waals surface area contributed by atoms with Crippen LogP contribution in [0.25, 0.3) is 0 Å². The van der Waals surface area contributed by atoms with E-state index in [0.717, 1.165) is 0 Å². The highest BCUT2D eigenvalue weighted by Gasteiger charge is 2.11. The number of halogens is 1. The van der Waals surface area contributed by atoms with Gasteiger partial charge in [-0.25, -0.2) is 4.79 Å². The Balaban J connectivity index is 2.90. The third-order valence-electron chi connectivity index (χ3n) is 1.90. The fraction of sp³-hybridized carbons (Fsp3) is 0.182. The van der Waals surface area contributed by atoms with Crippen molar-refractivity contribution in [2.75, 3.05) is 5.32 Å². The molecule has 5 nitrogen and oxygen atoms in total. The topological polar surface area (TPSA) is 83.5 Å².